The molecule has 0 aromatic heterocycles. The number of likely N-dealkylation sites (N-methyl/N-ethyl adjacent to an activating group) is 1. The van der Waals surface area contributed by atoms with Crippen molar-refractivity contribution in [2.45, 2.75) is 37.1 Å². The van der Waals surface area contributed by atoms with Gasteiger partial charge in [0.05, 0.1) is 16.3 Å². The topological polar surface area (TPSA) is 73.0 Å². The molecule has 1 unspecified atom stereocenters. The van der Waals surface area contributed by atoms with Crippen LogP contribution in [0.4, 0.5) is 17.1 Å². The average molecular weight is 455 g/mol. The van der Waals surface area contributed by atoms with Crippen LogP contribution in [0.25, 0.3) is 0 Å². The smallest absolute Gasteiger partial charge is 0.261 e. The number of hydrogen-bond donors (Lipinski definition) is 1. The Bertz CT molecular complexity index is 1140. The normalized spacial score (nSPS) is 21.5. The van der Waals surface area contributed by atoms with Crippen LogP contribution in [0, 0.1) is 5.92 Å². The maximum absolute atomic E-state index is 13.3. The molecule has 0 radical (unpaired) electrons. The number of rotatable bonds is 5. The fraction of sp³-hybridized carbons (Fsp3) is 0.458. The van der Waals surface area contributed by atoms with Crippen molar-refractivity contribution in [3.8, 4) is 0 Å². The van der Waals surface area contributed by atoms with Crippen LogP contribution in [0.1, 0.15) is 25.3 Å². The summed E-state index contributed by atoms with van der Waals surface area (Å²) in [6, 6.07) is 12.8. The molecule has 32 heavy (non-hydrogen) atoms. The van der Waals surface area contributed by atoms with E-state index in [0.29, 0.717) is 12.1 Å². The summed E-state index contributed by atoms with van der Waals surface area (Å²) in [4.78, 5) is 19.3. The first-order chi connectivity index (χ1) is 15.3. The van der Waals surface area contributed by atoms with Gasteiger partial charge in [-0.25, -0.2) is 8.42 Å². The first kappa shape index (κ1) is 21.3. The number of benzene rings is 2. The molecule has 1 saturated heterocycles. The summed E-state index contributed by atoms with van der Waals surface area (Å²) >= 11 is 0. The number of anilines is 3. The molecule has 0 bridgehead atoms. The van der Waals surface area contributed by atoms with Crippen LogP contribution in [-0.4, -0.2) is 58.5 Å². The summed E-state index contributed by atoms with van der Waals surface area (Å²) in [5.41, 5.74) is 3.27. The van der Waals surface area contributed by atoms with Crippen LogP contribution in [0.2, 0.25) is 0 Å². The highest BCUT2D eigenvalue weighted by molar-refractivity contribution is 7.92. The summed E-state index contributed by atoms with van der Waals surface area (Å²) in [6.07, 6.45) is 2.59. The van der Waals surface area contributed by atoms with Gasteiger partial charge in [-0.15, -0.1) is 0 Å². The lowest BCUT2D eigenvalue weighted by Crippen LogP contribution is -2.44. The van der Waals surface area contributed by atoms with Gasteiger partial charge >= 0.3 is 0 Å². The Morgan fingerprint density at radius 3 is 2.44 bits per heavy atom. The number of nitrogens with zero attached hydrogens (tertiary/aromatic N) is 3. The zero-order valence-electron chi connectivity index (χ0n) is 18.6. The molecule has 2 aromatic carbocycles. The Hall–Kier alpha value is -2.58. The Kier molecular flexibility index (Phi) is 5.37. The summed E-state index contributed by atoms with van der Waals surface area (Å²) in [5.74, 6) is 0.311. The maximum Gasteiger partial charge on any atom is 0.261 e. The van der Waals surface area contributed by atoms with E-state index in [9.17, 15) is 13.2 Å². The van der Waals surface area contributed by atoms with Gasteiger partial charge in [0.1, 0.15) is 0 Å². The molecule has 1 atom stereocenters. The second kappa shape index (κ2) is 8.08. The molecule has 0 spiro atoms. The molecule has 2 aromatic rings. The van der Waals surface area contributed by atoms with Crippen molar-refractivity contribution in [1.82, 2.24) is 4.90 Å². The molecule has 170 valence electrons. The Balaban J connectivity index is 1.40. The third-order valence-corrected chi connectivity index (χ3v) is 8.10. The van der Waals surface area contributed by atoms with Crippen LogP contribution in [0.5, 0.6) is 0 Å². The third kappa shape index (κ3) is 3.97. The SMILES string of the molecule is CC1Cc2cc(S(=O)(=O)Nc3ccccc3N3CCN(C)CC3)ccc2N1C(=O)C1CC1. The minimum atomic E-state index is -3.76. The molecular weight excluding hydrogens is 424 g/mol. The molecule has 1 aliphatic carbocycles. The number of hydrogen-bond acceptors (Lipinski definition) is 5. The molecule has 5 rings (SSSR count). The van der Waals surface area contributed by atoms with Gasteiger partial charge in [-0.2, -0.15) is 0 Å². The lowest BCUT2D eigenvalue weighted by Gasteiger charge is -2.35. The first-order valence-electron chi connectivity index (χ1n) is 11.3. The molecule has 2 aliphatic heterocycles. The summed E-state index contributed by atoms with van der Waals surface area (Å²) in [6.45, 7) is 5.63. The second-order valence-corrected chi connectivity index (χ2v) is 10.9. The van der Waals surface area contributed by atoms with Gasteiger partial charge < -0.3 is 14.7 Å². The standard InChI is InChI=1S/C24H30N4O3S/c1-17-15-19-16-20(9-10-22(19)28(17)24(29)18-7-8-18)32(30,31)25-21-5-3-4-6-23(21)27-13-11-26(2)12-14-27/h3-6,9-10,16-18,25H,7-8,11-15H2,1-2H3. The largest absolute Gasteiger partial charge is 0.367 e. The zero-order valence-corrected chi connectivity index (χ0v) is 19.4. The van der Waals surface area contributed by atoms with E-state index in [2.05, 4.69) is 21.6 Å². The number of sulfonamides is 1. The van der Waals surface area contributed by atoms with E-state index in [1.54, 1.807) is 18.2 Å². The first-order valence-corrected chi connectivity index (χ1v) is 12.8. The number of fused-ring (bicyclic) bond motifs is 1. The molecule has 1 saturated carbocycles. The fourth-order valence-corrected chi connectivity index (χ4v) is 5.85. The predicted molar refractivity (Wildman–Crippen MR) is 127 cm³/mol. The van der Waals surface area contributed by atoms with Crippen molar-refractivity contribution in [3.05, 3.63) is 48.0 Å². The summed E-state index contributed by atoms with van der Waals surface area (Å²) in [7, 11) is -1.66. The summed E-state index contributed by atoms with van der Waals surface area (Å²) < 4.78 is 29.4. The Morgan fingerprint density at radius 2 is 1.72 bits per heavy atom. The van der Waals surface area contributed by atoms with Crippen LogP contribution in [0.3, 0.4) is 0 Å². The van der Waals surface area contributed by atoms with Gasteiger partial charge in [-0.1, -0.05) is 12.1 Å². The minimum absolute atomic E-state index is 0.0574. The quantitative estimate of drug-likeness (QED) is 0.752. The van der Waals surface area contributed by atoms with E-state index in [1.165, 1.54) is 0 Å². The molecule has 1 amide bonds. The second-order valence-electron chi connectivity index (χ2n) is 9.24. The van der Waals surface area contributed by atoms with Crippen molar-refractivity contribution < 1.29 is 13.2 Å². The number of amides is 1. The third-order valence-electron chi connectivity index (χ3n) is 6.73. The highest BCUT2D eigenvalue weighted by atomic mass is 32.2. The van der Waals surface area contributed by atoms with Crippen molar-refractivity contribution in [3.63, 3.8) is 0 Å². The van der Waals surface area contributed by atoms with Gasteiger partial charge in [0.15, 0.2) is 0 Å². The number of carbonyl (C=O) groups excluding carboxylic acids is 1. The summed E-state index contributed by atoms with van der Waals surface area (Å²) in [5, 5.41) is 0. The lowest BCUT2D eigenvalue weighted by atomic mass is 10.1. The molecule has 7 nitrogen and oxygen atoms in total. The molecule has 8 heteroatoms. The monoisotopic (exact) mass is 454 g/mol. The highest BCUT2D eigenvalue weighted by Crippen LogP contribution is 2.40. The average Bonchev–Trinajstić information content (AvgIpc) is 3.56. The number of carbonyl (C=O) groups is 1. The van der Waals surface area contributed by atoms with E-state index in [4.69, 9.17) is 0 Å². The highest BCUT2D eigenvalue weighted by Gasteiger charge is 2.39. The van der Waals surface area contributed by atoms with Crippen LogP contribution in [0.15, 0.2) is 47.4 Å². The van der Waals surface area contributed by atoms with E-state index in [0.717, 1.165) is 56.0 Å². The van der Waals surface area contributed by atoms with Crippen molar-refractivity contribution in [1.29, 1.82) is 0 Å². The van der Waals surface area contributed by atoms with Crippen molar-refractivity contribution >= 4 is 33.0 Å². The van der Waals surface area contributed by atoms with E-state index in [1.807, 2.05) is 36.1 Å². The van der Waals surface area contributed by atoms with Gasteiger partial charge in [-0.05, 0) is 69.1 Å². The number of piperazine rings is 1. The van der Waals surface area contributed by atoms with Crippen LogP contribution in [-0.2, 0) is 21.2 Å². The number of para-hydroxylation sites is 2. The zero-order chi connectivity index (χ0) is 22.5. The molecule has 2 heterocycles. The molecule has 1 N–H and O–H groups in total. The van der Waals surface area contributed by atoms with Crippen LogP contribution < -0.4 is 14.5 Å². The van der Waals surface area contributed by atoms with Gasteiger partial charge in [0.25, 0.3) is 10.0 Å². The van der Waals surface area contributed by atoms with E-state index in [-0.39, 0.29) is 22.8 Å². The van der Waals surface area contributed by atoms with Gasteiger partial charge in [-0.3, -0.25) is 9.52 Å². The molecular formula is C24H30N4O3S. The lowest BCUT2D eigenvalue weighted by molar-refractivity contribution is -0.120. The van der Waals surface area contributed by atoms with E-state index >= 15 is 0 Å². The Morgan fingerprint density at radius 1 is 1.00 bits per heavy atom. The number of nitrogens with one attached hydrogen (secondary N) is 1. The van der Waals surface area contributed by atoms with E-state index < -0.39 is 10.0 Å². The van der Waals surface area contributed by atoms with Crippen molar-refractivity contribution in [2.24, 2.45) is 5.92 Å². The maximum atomic E-state index is 13.3. The predicted octanol–water partition coefficient (Wildman–Crippen LogP) is 2.93. The fourth-order valence-electron chi connectivity index (χ4n) is 4.72. The van der Waals surface area contributed by atoms with Crippen molar-refractivity contribution in [2.75, 3.05) is 47.7 Å². The minimum Gasteiger partial charge on any atom is -0.367 e. The Labute approximate surface area is 190 Å². The van der Waals surface area contributed by atoms with Crippen LogP contribution >= 0.6 is 0 Å². The molecule has 3 aliphatic rings. The van der Waals surface area contributed by atoms with Gasteiger partial charge in [0.2, 0.25) is 5.91 Å². The van der Waals surface area contributed by atoms with Gasteiger partial charge in [0, 0.05) is 43.8 Å². The molecule has 2 fully saturated rings.